The molecule has 1 atom stereocenters. The van der Waals surface area contributed by atoms with Gasteiger partial charge < -0.3 is 5.32 Å². The topological polar surface area (TPSA) is 12.0 Å². The van der Waals surface area contributed by atoms with Crippen LogP contribution in [-0.4, -0.2) is 6.54 Å². The molecule has 1 N–H and O–H groups in total. The summed E-state index contributed by atoms with van der Waals surface area (Å²) in [6.07, 6.45) is 0. The minimum atomic E-state index is -0.144. The first-order valence-electron chi connectivity index (χ1n) is 5.74. The van der Waals surface area contributed by atoms with Crippen LogP contribution in [-0.2, 0) is 0 Å². The molecule has 0 aliphatic heterocycles. The predicted molar refractivity (Wildman–Crippen MR) is 71.0 cm³/mol. The maximum absolute atomic E-state index is 13.3. The van der Waals surface area contributed by atoms with Crippen molar-refractivity contribution in [2.45, 2.75) is 19.9 Å². The largest absolute Gasteiger partial charge is 0.307 e. The monoisotopic (exact) mass is 249 g/mol. The Labute approximate surface area is 105 Å². The van der Waals surface area contributed by atoms with Gasteiger partial charge >= 0.3 is 0 Å². The fraction of sp³-hybridized carbons (Fsp3) is 0.286. The molecule has 0 aliphatic rings. The highest BCUT2D eigenvalue weighted by Gasteiger charge is 2.14. The molecule has 1 aromatic heterocycles. The van der Waals surface area contributed by atoms with Gasteiger partial charge in [0.05, 0.1) is 6.04 Å². The second kappa shape index (κ2) is 5.43. The summed E-state index contributed by atoms with van der Waals surface area (Å²) in [5.74, 6) is -0.144. The molecule has 0 saturated heterocycles. The number of hydrogen-bond acceptors (Lipinski definition) is 2. The zero-order chi connectivity index (χ0) is 12.3. The van der Waals surface area contributed by atoms with E-state index in [2.05, 4.69) is 29.1 Å². The van der Waals surface area contributed by atoms with E-state index in [1.807, 2.05) is 12.1 Å². The lowest BCUT2D eigenvalue weighted by Gasteiger charge is -2.18. The third-order valence-electron chi connectivity index (χ3n) is 2.80. The van der Waals surface area contributed by atoms with Gasteiger partial charge in [0.2, 0.25) is 0 Å². The molecule has 2 aromatic rings. The molecule has 2 rings (SSSR count). The molecular formula is C14H16FNS. The normalized spacial score (nSPS) is 12.6. The highest BCUT2D eigenvalue weighted by atomic mass is 32.1. The van der Waals surface area contributed by atoms with E-state index in [0.717, 1.165) is 12.1 Å². The van der Waals surface area contributed by atoms with Crippen molar-refractivity contribution in [2.75, 3.05) is 6.54 Å². The maximum Gasteiger partial charge on any atom is 0.126 e. The Morgan fingerprint density at radius 3 is 2.71 bits per heavy atom. The summed E-state index contributed by atoms with van der Waals surface area (Å²) in [6.45, 7) is 4.77. The van der Waals surface area contributed by atoms with Gasteiger partial charge in [-0.25, -0.2) is 4.39 Å². The van der Waals surface area contributed by atoms with Crippen LogP contribution in [0.5, 0.6) is 0 Å². The van der Waals surface area contributed by atoms with Crippen LogP contribution in [0.1, 0.15) is 29.7 Å². The number of thiophene rings is 1. The van der Waals surface area contributed by atoms with Gasteiger partial charge in [0, 0.05) is 0 Å². The molecule has 0 aliphatic carbocycles. The van der Waals surface area contributed by atoms with Crippen LogP contribution in [0, 0.1) is 12.7 Å². The molecule has 0 amide bonds. The van der Waals surface area contributed by atoms with Gasteiger partial charge in [0.1, 0.15) is 5.82 Å². The fourth-order valence-corrected chi connectivity index (χ4v) is 2.61. The first-order chi connectivity index (χ1) is 8.22. The van der Waals surface area contributed by atoms with Crippen LogP contribution in [0.2, 0.25) is 0 Å². The third kappa shape index (κ3) is 2.73. The quantitative estimate of drug-likeness (QED) is 0.866. The van der Waals surface area contributed by atoms with Crippen LogP contribution < -0.4 is 5.32 Å². The smallest absolute Gasteiger partial charge is 0.126 e. The van der Waals surface area contributed by atoms with Crippen LogP contribution in [0.25, 0.3) is 0 Å². The van der Waals surface area contributed by atoms with Crippen LogP contribution in [0.4, 0.5) is 4.39 Å². The van der Waals surface area contributed by atoms with Crippen molar-refractivity contribution in [3.8, 4) is 0 Å². The van der Waals surface area contributed by atoms with Crippen molar-refractivity contribution < 1.29 is 4.39 Å². The standard InChI is InChI=1S/C14H16FNS/c1-3-16-14(12-6-7-17-9-12)11-4-5-13(15)10(2)8-11/h4-9,14,16H,3H2,1-2H3. The lowest BCUT2D eigenvalue weighted by atomic mass is 9.99. The molecule has 0 radical (unpaired) electrons. The molecule has 0 bridgehead atoms. The Hall–Kier alpha value is -1.19. The van der Waals surface area contributed by atoms with E-state index >= 15 is 0 Å². The summed E-state index contributed by atoms with van der Waals surface area (Å²) in [5, 5.41) is 7.63. The van der Waals surface area contributed by atoms with E-state index in [9.17, 15) is 4.39 Å². The SMILES string of the molecule is CCNC(c1ccsc1)c1ccc(F)c(C)c1. The van der Waals surface area contributed by atoms with Gasteiger partial charge in [0.15, 0.2) is 0 Å². The number of halogens is 1. The first-order valence-corrected chi connectivity index (χ1v) is 6.68. The van der Waals surface area contributed by atoms with Crippen LogP contribution >= 0.6 is 11.3 Å². The van der Waals surface area contributed by atoms with Crippen molar-refractivity contribution in [3.63, 3.8) is 0 Å². The Morgan fingerprint density at radius 2 is 2.12 bits per heavy atom. The average molecular weight is 249 g/mol. The van der Waals surface area contributed by atoms with E-state index in [1.165, 1.54) is 5.56 Å². The molecule has 3 heteroatoms. The molecule has 90 valence electrons. The van der Waals surface area contributed by atoms with Crippen LogP contribution in [0.15, 0.2) is 35.0 Å². The second-order valence-electron chi connectivity index (χ2n) is 4.06. The minimum Gasteiger partial charge on any atom is -0.307 e. The highest BCUT2D eigenvalue weighted by Crippen LogP contribution is 2.25. The zero-order valence-corrected chi connectivity index (χ0v) is 10.9. The number of benzene rings is 1. The van der Waals surface area contributed by atoms with Crippen LogP contribution in [0.3, 0.4) is 0 Å². The van der Waals surface area contributed by atoms with Gasteiger partial charge in [-0.3, -0.25) is 0 Å². The van der Waals surface area contributed by atoms with E-state index in [4.69, 9.17) is 0 Å². The van der Waals surface area contributed by atoms with Crippen molar-refractivity contribution in [3.05, 3.63) is 57.5 Å². The van der Waals surface area contributed by atoms with E-state index < -0.39 is 0 Å². The summed E-state index contributed by atoms with van der Waals surface area (Å²) in [6, 6.07) is 7.58. The van der Waals surface area contributed by atoms with Crippen molar-refractivity contribution in [2.24, 2.45) is 0 Å². The summed E-state index contributed by atoms with van der Waals surface area (Å²) in [5.41, 5.74) is 3.05. The summed E-state index contributed by atoms with van der Waals surface area (Å²) in [4.78, 5) is 0. The summed E-state index contributed by atoms with van der Waals surface area (Å²) >= 11 is 1.68. The lowest BCUT2D eigenvalue weighted by molar-refractivity contribution is 0.607. The van der Waals surface area contributed by atoms with E-state index in [1.54, 1.807) is 24.3 Å². The lowest BCUT2D eigenvalue weighted by Crippen LogP contribution is -2.21. The van der Waals surface area contributed by atoms with E-state index in [-0.39, 0.29) is 11.9 Å². The average Bonchev–Trinajstić information content (AvgIpc) is 2.83. The third-order valence-corrected chi connectivity index (χ3v) is 3.50. The Balaban J connectivity index is 2.35. The second-order valence-corrected chi connectivity index (χ2v) is 4.84. The molecule has 0 spiro atoms. The van der Waals surface area contributed by atoms with Crippen molar-refractivity contribution >= 4 is 11.3 Å². The zero-order valence-electron chi connectivity index (χ0n) is 10.0. The minimum absolute atomic E-state index is 0.144. The molecule has 1 nitrogen and oxygen atoms in total. The number of nitrogens with one attached hydrogen (secondary N) is 1. The molecule has 1 heterocycles. The van der Waals surface area contributed by atoms with Gasteiger partial charge in [-0.2, -0.15) is 11.3 Å². The Kier molecular flexibility index (Phi) is 3.92. The van der Waals surface area contributed by atoms with E-state index in [0.29, 0.717) is 5.56 Å². The fourth-order valence-electron chi connectivity index (χ4n) is 1.92. The number of aryl methyl sites for hydroxylation is 1. The molecule has 0 fully saturated rings. The molecular weight excluding hydrogens is 233 g/mol. The number of hydrogen-bond donors (Lipinski definition) is 1. The van der Waals surface area contributed by atoms with Gasteiger partial charge in [-0.15, -0.1) is 0 Å². The molecule has 1 unspecified atom stereocenters. The molecule has 0 saturated carbocycles. The summed E-state index contributed by atoms with van der Waals surface area (Å²) < 4.78 is 13.3. The van der Waals surface area contributed by atoms with Gasteiger partial charge in [-0.1, -0.05) is 19.1 Å². The molecule has 17 heavy (non-hydrogen) atoms. The number of rotatable bonds is 4. The Morgan fingerprint density at radius 1 is 1.29 bits per heavy atom. The highest BCUT2D eigenvalue weighted by molar-refractivity contribution is 7.08. The Bertz CT molecular complexity index is 479. The predicted octanol–water partition coefficient (Wildman–Crippen LogP) is 3.89. The van der Waals surface area contributed by atoms with Crippen molar-refractivity contribution in [1.29, 1.82) is 0 Å². The summed E-state index contributed by atoms with van der Waals surface area (Å²) in [7, 11) is 0. The first kappa shape index (κ1) is 12.3. The molecule has 1 aromatic carbocycles. The van der Waals surface area contributed by atoms with Crippen molar-refractivity contribution in [1.82, 2.24) is 5.32 Å². The van der Waals surface area contributed by atoms with Gasteiger partial charge in [0.25, 0.3) is 0 Å². The van der Waals surface area contributed by atoms with Gasteiger partial charge in [-0.05, 0) is 53.1 Å². The maximum atomic E-state index is 13.3.